The molecule has 1 unspecified atom stereocenters. The highest BCUT2D eigenvalue weighted by molar-refractivity contribution is 7.98. The summed E-state index contributed by atoms with van der Waals surface area (Å²) in [5.74, 6) is -0.0916. The summed E-state index contributed by atoms with van der Waals surface area (Å²) in [6.07, 6.45) is 3.00. The van der Waals surface area contributed by atoms with E-state index < -0.39 is 6.10 Å². The van der Waals surface area contributed by atoms with Crippen LogP contribution in [-0.2, 0) is 0 Å². The van der Waals surface area contributed by atoms with Gasteiger partial charge in [0, 0.05) is 18.8 Å². The van der Waals surface area contributed by atoms with Gasteiger partial charge >= 0.3 is 0 Å². The van der Waals surface area contributed by atoms with Crippen molar-refractivity contribution in [2.75, 3.05) is 12.8 Å². The Bertz CT molecular complexity index is 390. The molecule has 18 heavy (non-hydrogen) atoms. The number of aliphatic hydroxyl groups is 1. The molecule has 4 nitrogen and oxygen atoms in total. The first-order valence-electron chi connectivity index (χ1n) is 5.94. The molecule has 0 aromatic carbocycles. The molecule has 1 heterocycles. The van der Waals surface area contributed by atoms with Crippen molar-refractivity contribution in [1.82, 2.24) is 9.88 Å². The van der Waals surface area contributed by atoms with E-state index in [0.717, 1.165) is 5.03 Å². The minimum atomic E-state index is -0.533. The van der Waals surface area contributed by atoms with Gasteiger partial charge in [-0.2, -0.15) is 0 Å². The highest BCUT2D eigenvalue weighted by Gasteiger charge is 2.20. The van der Waals surface area contributed by atoms with E-state index in [0.29, 0.717) is 12.1 Å². The lowest BCUT2D eigenvalue weighted by Gasteiger charge is -2.28. The van der Waals surface area contributed by atoms with Crippen molar-refractivity contribution in [3.05, 3.63) is 23.9 Å². The van der Waals surface area contributed by atoms with E-state index in [4.69, 9.17) is 0 Å². The molecule has 0 spiro atoms. The Morgan fingerprint density at radius 3 is 2.50 bits per heavy atom. The Morgan fingerprint density at radius 1 is 1.44 bits per heavy atom. The van der Waals surface area contributed by atoms with Crippen molar-refractivity contribution in [2.24, 2.45) is 0 Å². The van der Waals surface area contributed by atoms with E-state index >= 15 is 0 Å². The Balaban J connectivity index is 2.87. The zero-order chi connectivity index (χ0) is 13.7. The van der Waals surface area contributed by atoms with Gasteiger partial charge in [0.1, 0.15) is 0 Å². The summed E-state index contributed by atoms with van der Waals surface area (Å²) in [5, 5.41) is 10.3. The maximum atomic E-state index is 12.3. The first kappa shape index (κ1) is 15.0. The van der Waals surface area contributed by atoms with Crippen LogP contribution in [0.1, 0.15) is 31.1 Å². The predicted octanol–water partition coefficient (Wildman–Crippen LogP) is 2.03. The number of hydrogen-bond acceptors (Lipinski definition) is 4. The number of hydrogen-bond donors (Lipinski definition) is 1. The van der Waals surface area contributed by atoms with Crippen LogP contribution in [0.2, 0.25) is 0 Å². The molecule has 0 aliphatic carbocycles. The Labute approximate surface area is 112 Å². The van der Waals surface area contributed by atoms with Crippen molar-refractivity contribution in [2.45, 2.75) is 37.9 Å². The molecule has 0 saturated heterocycles. The second-order valence-electron chi connectivity index (χ2n) is 4.49. The van der Waals surface area contributed by atoms with Crippen LogP contribution in [0.4, 0.5) is 0 Å². The van der Waals surface area contributed by atoms with Crippen molar-refractivity contribution in [1.29, 1.82) is 0 Å². The smallest absolute Gasteiger partial charge is 0.255 e. The fraction of sp³-hybridized carbons (Fsp3) is 0.538. The molecule has 1 atom stereocenters. The van der Waals surface area contributed by atoms with Gasteiger partial charge in [-0.3, -0.25) is 4.79 Å². The van der Waals surface area contributed by atoms with E-state index in [-0.39, 0.29) is 11.9 Å². The van der Waals surface area contributed by atoms with Gasteiger partial charge < -0.3 is 10.0 Å². The molecule has 0 fully saturated rings. The van der Waals surface area contributed by atoms with E-state index in [1.807, 2.05) is 26.2 Å². The number of rotatable bonds is 5. The van der Waals surface area contributed by atoms with Crippen LogP contribution in [0, 0.1) is 0 Å². The maximum Gasteiger partial charge on any atom is 0.255 e. The molecule has 1 amide bonds. The Morgan fingerprint density at radius 2 is 2.11 bits per heavy atom. The third-order valence-corrected chi connectivity index (χ3v) is 3.20. The first-order chi connectivity index (χ1) is 8.45. The molecule has 5 heteroatoms. The second-order valence-corrected chi connectivity index (χ2v) is 5.32. The van der Waals surface area contributed by atoms with E-state index in [2.05, 4.69) is 4.98 Å². The number of aromatic nitrogens is 1. The molecular formula is C13H20N2O2S. The van der Waals surface area contributed by atoms with Gasteiger partial charge in [0.15, 0.2) is 0 Å². The number of thioether (sulfide) groups is 1. The second kappa shape index (κ2) is 6.75. The largest absolute Gasteiger partial charge is 0.392 e. The number of pyridine rings is 1. The van der Waals surface area contributed by atoms with Crippen molar-refractivity contribution < 1.29 is 9.90 Å². The van der Waals surface area contributed by atoms with Crippen LogP contribution in [0.15, 0.2) is 23.4 Å². The number of nitrogens with zero attached hydrogens (tertiary/aromatic N) is 2. The van der Waals surface area contributed by atoms with Crippen LogP contribution in [0.3, 0.4) is 0 Å². The van der Waals surface area contributed by atoms with Crippen LogP contribution in [0.5, 0.6) is 0 Å². The molecule has 0 bridgehead atoms. The molecule has 1 N–H and O–H groups in total. The zero-order valence-electron chi connectivity index (χ0n) is 11.3. The van der Waals surface area contributed by atoms with Crippen LogP contribution >= 0.6 is 11.8 Å². The fourth-order valence-electron chi connectivity index (χ4n) is 1.61. The average Bonchev–Trinajstić information content (AvgIpc) is 2.34. The average molecular weight is 268 g/mol. The monoisotopic (exact) mass is 268 g/mol. The van der Waals surface area contributed by atoms with Gasteiger partial charge in [-0.15, -0.1) is 11.8 Å². The summed E-state index contributed by atoms with van der Waals surface area (Å²) >= 11 is 1.54. The molecule has 0 radical (unpaired) electrons. The number of aliphatic hydroxyl groups excluding tert-OH is 1. The third-order valence-electron chi connectivity index (χ3n) is 2.54. The SMILES string of the molecule is CSc1ccc(C(=O)N(CC(C)O)C(C)C)cn1. The predicted molar refractivity (Wildman–Crippen MR) is 73.9 cm³/mol. The molecule has 1 aromatic rings. The van der Waals surface area contributed by atoms with Crippen molar-refractivity contribution in [3.8, 4) is 0 Å². The lowest BCUT2D eigenvalue weighted by atomic mass is 10.2. The zero-order valence-corrected chi connectivity index (χ0v) is 12.1. The van der Waals surface area contributed by atoms with Gasteiger partial charge in [0.05, 0.1) is 16.7 Å². The van der Waals surface area contributed by atoms with Crippen LogP contribution in [0.25, 0.3) is 0 Å². The standard InChI is InChI=1S/C13H20N2O2S/c1-9(2)15(8-10(3)16)13(17)11-5-6-12(18-4)14-7-11/h5-7,9-10,16H,8H2,1-4H3. The van der Waals surface area contributed by atoms with Gasteiger partial charge in [-0.25, -0.2) is 4.98 Å². The van der Waals surface area contributed by atoms with Crippen LogP contribution < -0.4 is 0 Å². The minimum Gasteiger partial charge on any atom is -0.392 e. The quantitative estimate of drug-likeness (QED) is 0.830. The summed E-state index contributed by atoms with van der Waals surface area (Å²) in [6, 6.07) is 3.66. The third kappa shape index (κ3) is 3.99. The first-order valence-corrected chi connectivity index (χ1v) is 7.17. The molecule has 100 valence electrons. The minimum absolute atomic E-state index is 0.0485. The highest BCUT2D eigenvalue weighted by Crippen LogP contribution is 2.13. The van der Waals surface area contributed by atoms with Gasteiger partial charge in [-0.1, -0.05) is 0 Å². The molecular weight excluding hydrogens is 248 g/mol. The van der Waals surface area contributed by atoms with E-state index in [1.165, 1.54) is 11.8 Å². The van der Waals surface area contributed by atoms with E-state index in [9.17, 15) is 9.90 Å². The Hall–Kier alpha value is -1.07. The van der Waals surface area contributed by atoms with Gasteiger partial charge in [-0.05, 0) is 39.2 Å². The van der Waals surface area contributed by atoms with E-state index in [1.54, 1.807) is 24.1 Å². The maximum absolute atomic E-state index is 12.3. The molecule has 0 saturated carbocycles. The number of carbonyl (C=O) groups is 1. The van der Waals surface area contributed by atoms with Crippen molar-refractivity contribution >= 4 is 17.7 Å². The van der Waals surface area contributed by atoms with Gasteiger partial charge in [0.2, 0.25) is 0 Å². The summed E-state index contributed by atoms with van der Waals surface area (Å²) in [5.41, 5.74) is 0.558. The molecule has 1 rings (SSSR count). The lowest BCUT2D eigenvalue weighted by molar-refractivity contribution is 0.0578. The van der Waals surface area contributed by atoms with Crippen LogP contribution in [-0.4, -0.2) is 45.8 Å². The molecule has 0 aliphatic rings. The summed E-state index contributed by atoms with van der Waals surface area (Å²) < 4.78 is 0. The normalized spacial score (nSPS) is 12.6. The number of carbonyl (C=O) groups excluding carboxylic acids is 1. The molecule has 0 aliphatic heterocycles. The summed E-state index contributed by atoms with van der Waals surface area (Å²) in [6.45, 7) is 5.88. The highest BCUT2D eigenvalue weighted by atomic mass is 32.2. The lowest BCUT2D eigenvalue weighted by Crippen LogP contribution is -2.41. The summed E-state index contributed by atoms with van der Waals surface area (Å²) in [4.78, 5) is 18.1. The molecule has 1 aromatic heterocycles. The van der Waals surface area contributed by atoms with Crippen molar-refractivity contribution in [3.63, 3.8) is 0 Å². The van der Waals surface area contributed by atoms with Gasteiger partial charge in [0.25, 0.3) is 5.91 Å². The summed E-state index contributed by atoms with van der Waals surface area (Å²) in [7, 11) is 0. The Kier molecular flexibility index (Phi) is 5.62. The topological polar surface area (TPSA) is 53.4 Å². The fourth-order valence-corrected chi connectivity index (χ4v) is 1.97. The number of amides is 1.